The summed E-state index contributed by atoms with van der Waals surface area (Å²) in [6.07, 6.45) is 2.15. The molecule has 0 atom stereocenters. The third-order valence-electron chi connectivity index (χ3n) is 3.69. The van der Waals surface area contributed by atoms with Crippen molar-refractivity contribution in [1.82, 2.24) is 14.7 Å². The first-order valence-electron chi connectivity index (χ1n) is 7.72. The molecule has 7 heteroatoms. The van der Waals surface area contributed by atoms with E-state index in [9.17, 15) is 9.59 Å². The Morgan fingerprint density at radius 1 is 1.27 bits per heavy atom. The molecule has 1 amide bonds. The average molecular weight is 309 g/mol. The van der Waals surface area contributed by atoms with Crippen molar-refractivity contribution in [2.24, 2.45) is 7.05 Å². The van der Waals surface area contributed by atoms with Crippen LogP contribution in [0, 0.1) is 0 Å². The van der Waals surface area contributed by atoms with Gasteiger partial charge >= 0.3 is 12.1 Å². The van der Waals surface area contributed by atoms with Crippen LogP contribution in [0.25, 0.3) is 0 Å². The maximum atomic E-state index is 12.1. The van der Waals surface area contributed by atoms with Crippen molar-refractivity contribution in [3.63, 3.8) is 0 Å². The van der Waals surface area contributed by atoms with Crippen LogP contribution in [0.3, 0.4) is 0 Å². The molecule has 0 aliphatic carbocycles. The van der Waals surface area contributed by atoms with Crippen molar-refractivity contribution < 1.29 is 19.1 Å². The van der Waals surface area contributed by atoms with Crippen LogP contribution in [-0.2, 0) is 29.5 Å². The number of hydrogen-bond donors (Lipinski definition) is 0. The van der Waals surface area contributed by atoms with E-state index in [4.69, 9.17) is 9.47 Å². The van der Waals surface area contributed by atoms with Crippen LogP contribution in [0.4, 0.5) is 4.79 Å². The van der Waals surface area contributed by atoms with Gasteiger partial charge in [-0.1, -0.05) is 13.3 Å². The molecule has 2 rings (SSSR count). The van der Waals surface area contributed by atoms with Gasteiger partial charge in [0.2, 0.25) is 0 Å². The summed E-state index contributed by atoms with van der Waals surface area (Å²) in [4.78, 5) is 25.7. The second-order valence-corrected chi connectivity index (χ2v) is 5.26. The van der Waals surface area contributed by atoms with Crippen LogP contribution in [0.5, 0.6) is 0 Å². The lowest BCUT2D eigenvalue weighted by Gasteiger charge is -2.26. The van der Waals surface area contributed by atoms with Gasteiger partial charge in [-0.15, -0.1) is 0 Å². The summed E-state index contributed by atoms with van der Waals surface area (Å²) in [6, 6.07) is 0. The first-order chi connectivity index (χ1) is 10.6. The maximum Gasteiger partial charge on any atom is 0.410 e. The molecule has 0 saturated carbocycles. The topological polar surface area (TPSA) is 73.7 Å². The number of aryl methyl sites for hydroxylation is 1. The summed E-state index contributed by atoms with van der Waals surface area (Å²) >= 11 is 0. The van der Waals surface area contributed by atoms with Gasteiger partial charge in [0.25, 0.3) is 0 Å². The van der Waals surface area contributed by atoms with Gasteiger partial charge in [0, 0.05) is 31.3 Å². The fraction of sp³-hybridized carbons (Fsp3) is 0.667. The van der Waals surface area contributed by atoms with Crippen LogP contribution in [0.2, 0.25) is 0 Å². The highest BCUT2D eigenvalue weighted by molar-refractivity contribution is 5.89. The van der Waals surface area contributed by atoms with E-state index in [1.807, 2.05) is 6.92 Å². The lowest BCUT2D eigenvalue weighted by molar-refractivity contribution is 0.0514. The van der Waals surface area contributed by atoms with Gasteiger partial charge in [-0.05, 0) is 13.3 Å². The first kappa shape index (κ1) is 16.3. The number of amides is 1. The molecule has 0 radical (unpaired) electrons. The number of carbonyl (C=O) groups excluding carboxylic acids is 2. The van der Waals surface area contributed by atoms with E-state index in [1.165, 1.54) is 0 Å². The van der Waals surface area contributed by atoms with E-state index in [2.05, 4.69) is 5.10 Å². The fourth-order valence-electron chi connectivity index (χ4n) is 2.51. The Labute approximate surface area is 130 Å². The van der Waals surface area contributed by atoms with Gasteiger partial charge in [-0.2, -0.15) is 5.10 Å². The van der Waals surface area contributed by atoms with Crippen LogP contribution in [0.15, 0.2) is 0 Å². The number of carbonyl (C=O) groups is 2. The van der Waals surface area contributed by atoms with Crippen molar-refractivity contribution >= 4 is 12.1 Å². The molecule has 0 spiro atoms. The number of hydrogen-bond acceptors (Lipinski definition) is 5. The smallest absolute Gasteiger partial charge is 0.410 e. The molecule has 0 saturated heterocycles. The second kappa shape index (κ2) is 7.29. The van der Waals surface area contributed by atoms with E-state index >= 15 is 0 Å². The molecule has 0 bridgehead atoms. The number of esters is 1. The molecule has 7 nitrogen and oxygen atoms in total. The molecule has 1 aliphatic rings. The highest BCUT2D eigenvalue weighted by atomic mass is 16.6. The first-order valence-corrected chi connectivity index (χ1v) is 7.72. The molecule has 2 heterocycles. The molecule has 22 heavy (non-hydrogen) atoms. The summed E-state index contributed by atoms with van der Waals surface area (Å²) in [5, 5.41) is 4.24. The fourth-order valence-corrected chi connectivity index (χ4v) is 2.51. The highest BCUT2D eigenvalue weighted by Crippen LogP contribution is 2.23. The van der Waals surface area contributed by atoms with Crippen molar-refractivity contribution in [3.8, 4) is 0 Å². The number of unbranched alkanes of at least 4 members (excludes halogenated alkanes) is 1. The Morgan fingerprint density at radius 3 is 2.73 bits per heavy atom. The number of ether oxygens (including phenoxy) is 2. The molecule has 1 aliphatic heterocycles. The molecule has 0 N–H and O–H groups in total. The number of nitrogens with zero attached hydrogens (tertiary/aromatic N) is 3. The van der Waals surface area contributed by atoms with Crippen molar-refractivity contribution in [2.45, 2.75) is 39.7 Å². The van der Waals surface area contributed by atoms with E-state index in [0.717, 1.165) is 24.1 Å². The minimum Gasteiger partial charge on any atom is -0.461 e. The van der Waals surface area contributed by atoms with Gasteiger partial charge in [-0.25, -0.2) is 9.59 Å². The Balaban J connectivity index is 2.11. The Hall–Kier alpha value is -2.05. The minimum atomic E-state index is -0.444. The zero-order valence-corrected chi connectivity index (χ0v) is 13.4. The predicted molar refractivity (Wildman–Crippen MR) is 79.5 cm³/mol. The number of aromatic nitrogens is 2. The second-order valence-electron chi connectivity index (χ2n) is 5.26. The SMILES string of the molecule is CCCCOC(=O)N1CCc2c(c(C(=O)OCC)nn2C)C1. The van der Waals surface area contributed by atoms with Crippen molar-refractivity contribution in [1.29, 1.82) is 0 Å². The Morgan fingerprint density at radius 2 is 2.05 bits per heavy atom. The summed E-state index contributed by atoms with van der Waals surface area (Å²) in [6.45, 7) is 5.43. The summed E-state index contributed by atoms with van der Waals surface area (Å²) in [7, 11) is 1.80. The van der Waals surface area contributed by atoms with Gasteiger partial charge in [0.15, 0.2) is 5.69 Å². The van der Waals surface area contributed by atoms with Crippen molar-refractivity contribution in [3.05, 3.63) is 17.0 Å². The number of rotatable bonds is 5. The number of fused-ring (bicyclic) bond motifs is 1. The molecule has 0 fully saturated rings. The molecular weight excluding hydrogens is 286 g/mol. The van der Waals surface area contributed by atoms with E-state index in [1.54, 1.807) is 23.6 Å². The van der Waals surface area contributed by atoms with Gasteiger partial charge < -0.3 is 14.4 Å². The van der Waals surface area contributed by atoms with Crippen LogP contribution >= 0.6 is 0 Å². The quantitative estimate of drug-likeness (QED) is 0.613. The third-order valence-corrected chi connectivity index (χ3v) is 3.69. The van der Waals surface area contributed by atoms with Crippen molar-refractivity contribution in [2.75, 3.05) is 19.8 Å². The van der Waals surface area contributed by atoms with Crippen LogP contribution in [-0.4, -0.2) is 46.5 Å². The summed E-state index contributed by atoms with van der Waals surface area (Å²) < 4.78 is 12.0. The molecule has 1 aromatic heterocycles. The monoisotopic (exact) mass is 309 g/mol. The molecular formula is C15H23N3O4. The van der Waals surface area contributed by atoms with Crippen LogP contribution in [0.1, 0.15) is 48.4 Å². The molecule has 0 unspecified atom stereocenters. The van der Waals surface area contributed by atoms with Gasteiger partial charge in [0.05, 0.1) is 19.8 Å². The highest BCUT2D eigenvalue weighted by Gasteiger charge is 2.30. The lowest BCUT2D eigenvalue weighted by atomic mass is 10.1. The Kier molecular flexibility index (Phi) is 5.41. The summed E-state index contributed by atoms with van der Waals surface area (Å²) in [5.41, 5.74) is 2.03. The zero-order chi connectivity index (χ0) is 16.1. The standard InChI is InChI=1S/C15H23N3O4/c1-4-6-9-22-15(20)18-8-7-12-11(10-18)13(16-17(12)3)14(19)21-5-2/h4-10H2,1-3H3. The Bertz CT molecular complexity index is 553. The zero-order valence-electron chi connectivity index (χ0n) is 13.4. The lowest BCUT2D eigenvalue weighted by Crippen LogP contribution is -2.37. The van der Waals surface area contributed by atoms with Gasteiger partial charge in [-0.3, -0.25) is 4.68 Å². The molecule has 122 valence electrons. The van der Waals surface area contributed by atoms with Crippen LogP contribution < -0.4 is 0 Å². The molecule has 0 aromatic carbocycles. The van der Waals surface area contributed by atoms with E-state index in [0.29, 0.717) is 38.4 Å². The minimum absolute atomic E-state index is 0.297. The maximum absolute atomic E-state index is 12.1. The molecule has 1 aromatic rings. The average Bonchev–Trinajstić information content (AvgIpc) is 2.84. The van der Waals surface area contributed by atoms with E-state index < -0.39 is 5.97 Å². The van der Waals surface area contributed by atoms with Gasteiger partial charge in [0.1, 0.15) is 0 Å². The normalized spacial score (nSPS) is 13.7. The van der Waals surface area contributed by atoms with E-state index in [-0.39, 0.29) is 6.09 Å². The largest absolute Gasteiger partial charge is 0.461 e. The summed E-state index contributed by atoms with van der Waals surface area (Å²) in [5.74, 6) is -0.444. The third kappa shape index (κ3) is 3.40. The predicted octanol–water partition coefficient (Wildman–Crippen LogP) is 1.89.